The highest BCUT2D eigenvalue weighted by Crippen LogP contribution is 2.25. The Morgan fingerprint density at radius 1 is 0.500 bits per heavy atom. The molecule has 0 heterocycles. The van der Waals surface area contributed by atoms with Gasteiger partial charge in [0.25, 0.3) is 0 Å². The van der Waals surface area contributed by atoms with Crippen LogP contribution in [0, 0.1) is 0 Å². The fourth-order valence-electron chi connectivity index (χ4n) is 3.72. The zero-order valence-corrected chi connectivity index (χ0v) is 17.3. The zero-order chi connectivity index (χ0) is 19.0. The molecule has 0 fully saturated rings. The van der Waals surface area contributed by atoms with Crippen LogP contribution in [0.1, 0.15) is 117 Å². The van der Waals surface area contributed by atoms with Crippen LogP contribution in [0.15, 0.2) is 23.3 Å². The van der Waals surface area contributed by atoms with E-state index in [1.165, 1.54) is 89.2 Å². The van der Waals surface area contributed by atoms with Crippen molar-refractivity contribution < 1.29 is 9.59 Å². The number of carbonyl (C=O) groups is 2. The minimum absolute atomic E-state index is 0.0773. The van der Waals surface area contributed by atoms with E-state index in [1.807, 2.05) is 0 Å². The molecule has 0 amide bonds. The van der Waals surface area contributed by atoms with Gasteiger partial charge in [-0.15, -0.1) is 0 Å². The molecule has 148 valence electrons. The van der Waals surface area contributed by atoms with Gasteiger partial charge >= 0.3 is 0 Å². The van der Waals surface area contributed by atoms with Crippen molar-refractivity contribution >= 4 is 11.6 Å². The van der Waals surface area contributed by atoms with Gasteiger partial charge in [0.1, 0.15) is 0 Å². The molecule has 1 rings (SSSR count). The van der Waals surface area contributed by atoms with Crippen LogP contribution in [0.25, 0.3) is 0 Å². The third-order valence-corrected chi connectivity index (χ3v) is 5.41. The number of rotatable bonds is 16. The van der Waals surface area contributed by atoms with Crippen LogP contribution in [0.5, 0.6) is 0 Å². The zero-order valence-electron chi connectivity index (χ0n) is 17.3. The fraction of sp³-hybridized carbons (Fsp3) is 0.750. The summed E-state index contributed by atoms with van der Waals surface area (Å²) in [7, 11) is 0. The van der Waals surface area contributed by atoms with Crippen LogP contribution in [0.3, 0.4) is 0 Å². The predicted octanol–water partition coefficient (Wildman–Crippen LogP) is 7.27. The molecule has 0 atom stereocenters. The van der Waals surface area contributed by atoms with Gasteiger partial charge in [-0.3, -0.25) is 9.59 Å². The summed E-state index contributed by atoms with van der Waals surface area (Å²) < 4.78 is 0. The average Bonchev–Trinajstić information content (AvgIpc) is 2.64. The first-order valence-corrected chi connectivity index (χ1v) is 11.2. The van der Waals surface area contributed by atoms with E-state index in [2.05, 4.69) is 13.8 Å². The summed E-state index contributed by atoms with van der Waals surface area (Å²) in [6.45, 7) is 4.47. The Morgan fingerprint density at radius 2 is 0.808 bits per heavy atom. The van der Waals surface area contributed by atoms with Crippen LogP contribution >= 0.6 is 0 Å². The molecule has 0 aromatic carbocycles. The summed E-state index contributed by atoms with van der Waals surface area (Å²) in [6.07, 6.45) is 21.9. The third-order valence-electron chi connectivity index (χ3n) is 5.41. The lowest BCUT2D eigenvalue weighted by molar-refractivity contribution is -0.115. The highest BCUT2D eigenvalue weighted by Gasteiger charge is 2.21. The van der Waals surface area contributed by atoms with Gasteiger partial charge in [-0.05, 0) is 37.8 Å². The van der Waals surface area contributed by atoms with Crippen LogP contribution in [0.4, 0.5) is 0 Å². The van der Waals surface area contributed by atoms with Crippen molar-refractivity contribution in [1.29, 1.82) is 0 Å². The van der Waals surface area contributed by atoms with Crippen LogP contribution in [0.2, 0.25) is 0 Å². The Bertz CT molecular complexity index is 429. The van der Waals surface area contributed by atoms with E-state index in [0.29, 0.717) is 0 Å². The lowest BCUT2D eigenvalue weighted by Gasteiger charge is -2.15. The number of hydrogen-bond donors (Lipinski definition) is 0. The molecule has 1 aliphatic carbocycles. The molecule has 2 heteroatoms. The normalized spacial score (nSPS) is 14.5. The Balaban J connectivity index is 2.36. The first-order valence-electron chi connectivity index (χ1n) is 11.2. The molecule has 0 spiro atoms. The number of ketones is 2. The summed E-state index contributed by atoms with van der Waals surface area (Å²) in [5.74, 6) is 0.155. The van der Waals surface area contributed by atoms with E-state index in [9.17, 15) is 9.59 Å². The molecule has 0 unspecified atom stereocenters. The highest BCUT2D eigenvalue weighted by atomic mass is 16.1. The van der Waals surface area contributed by atoms with Crippen molar-refractivity contribution in [2.75, 3.05) is 0 Å². The van der Waals surface area contributed by atoms with E-state index in [-0.39, 0.29) is 11.6 Å². The van der Waals surface area contributed by atoms with E-state index in [0.717, 1.165) is 36.8 Å². The smallest absolute Gasteiger partial charge is 0.182 e. The maximum Gasteiger partial charge on any atom is 0.182 e. The average molecular weight is 361 g/mol. The topological polar surface area (TPSA) is 34.1 Å². The van der Waals surface area contributed by atoms with E-state index in [4.69, 9.17) is 0 Å². The van der Waals surface area contributed by atoms with Gasteiger partial charge in [-0.2, -0.15) is 0 Å². The monoisotopic (exact) mass is 360 g/mol. The van der Waals surface area contributed by atoms with Gasteiger partial charge in [0.2, 0.25) is 0 Å². The number of hydrogen-bond acceptors (Lipinski definition) is 2. The van der Waals surface area contributed by atoms with Crippen molar-refractivity contribution in [3.05, 3.63) is 23.3 Å². The lowest BCUT2D eigenvalue weighted by Crippen LogP contribution is -2.15. The Morgan fingerprint density at radius 3 is 1.15 bits per heavy atom. The van der Waals surface area contributed by atoms with Crippen molar-refractivity contribution in [2.45, 2.75) is 117 Å². The fourth-order valence-corrected chi connectivity index (χ4v) is 3.72. The summed E-state index contributed by atoms with van der Waals surface area (Å²) in [5, 5.41) is 0. The quantitative estimate of drug-likeness (QED) is 0.214. The van der Waals surface area contributed by atoms with Gasteiger partial charge in [0, 0.05) is 11.1 Å². The molecule has 0 saturated heterocycles. The molecule has 0 aromatic rings. The summed E-state index contributed by atoms with van der Waals surface area (Å²) >= 11 is 0. The van der Waals surface area contributed by atoms with Crippen molar-refractivity contribution in [3.63, 3.8) is 0 Å². The molecular weight excluding hydrogens is 320 g/mol. The molecular formula is C24H40O2. The number of unbranched alkanes of at least 4 members (excludes halogenated alkanes) is 12. The number of allylic oxidation sites excluding steroid dienone is 4. The Kier molecular flexibility index (Phi) is 13.1. The predicted molar refractivity (Wildman–Crippen MR) is 111 cm³/mol. The molecule has 0 radical (unpaired) electrons. The van der Waals surface area contributed by atoms with Gasteiger partial charge in [0.05, 0.1) is 0 Å². The number of carbonyl (C=O) groups excluding carboxylic acids is 2. The molecule has 0 saturated carbocycles. The van der Waals surface area contributed by atoms with Crippen molar-refractivity contribution in [2.24, 2.45) is 0 Å². The SMILES string of the molecule is CCCCCCCCCC1=C(CCCCCCCCC)C(=O)C=CC1=O. The lowest BCUT2D eigenvalue weighted by atomic mass is 9.88. The summed E-state index contributed by atoms with van der Waals surface area (Å²) in [5.41, 5.74) is 1.63. The summed E-state index contributed by atoms with van der Waals surface area (Å²) in [6, 6.07) is 0. The molecule has 0 aliphatic heterocycles. The van der Waals surface area contributed by atoms with Crippen molar-refractivity contribution in [1.82, 2.24) is 0 Å². The van der Waals surface area contributed by atoms with E-state index < -0.39 is 0 Å². The Hall–Kier alpha value is -1.18. The first-order chi connectivity index (χ1) is 12.7. The second-order valence-corrected chi connectivity index (χ2v) is 7.76. The maximum atomic E-state index is 12.3. The molecule has 0 bridgehead atoms. The second kappa shape index (κ2) is 14.9. The largest absolute Gasteiger partial charge is 0.290 e. The van der Waals surface area contributed by atoms with Crippen molar-refractivity contribution in [3.8, 4) is 0 Å². The van der Waals surface area contributed by atoms with Crippen LogP contribution in [-0.4, -0.2) is 11.6 Å². The summed E-state index contributed by atoms with van der Waals surface area (Å²) in [4.78, 5) is 24.5. The first kappa shape index (κ1) is 22.9. The van der Waals surface area contributed by atoms with Crippen LogP contribution in [-0.2, 0) is 9.59 Å². The minimum Gasteiger partial charge on any atom is -0.290 e. The van der Waals surface area contributed by atoms with Crippen LogP contribution < -0.4 is 0 Å². The minimum atomic E-state index is 0.0773. The second-order valence-electron chi connectivity index (χ2n) is 7.76. The molecule has 2 nitrogen and oxygen atoms in total. The molecule has 0 aromatic heterocycles. The molecule has 26 heavy (non-hydrogen) atoms. The van der Waals surface area contributed by atoms with Gasteiger partial charge in [0.15, 0.2) is 11.6 Å². The van der Waals surface area contributed by atoms with E-state index >= 15 is 0 Å². The van der Waals surface area contributed by atoms with Gasteiger partial charge in [-0.25, -0.2) is 0 Å². The highest BCUT2D eigenvalue weighted by molar-refractivity contribution is 6.20. The molecule has 1 aliphatic rings. The molecule has 0 N–H and O–H groups in total. The third kappa shape index (κ3) is 9.50. The standard InChI is InChI=1S/C24H40O2/c1-3-5-7-9-11-13-15-17-21-22(24(26)20-19-23(21)25)18-16-14-12-10-8-6-4-2/h19-20H,3-18H2,1-2H3. The van der Waals surface area contributed by atoms with E-state index in [1.54, 1.807) is 0 Å². The van der Waals surface area contributed by atoms with Gasteiger partial charge in [-0.1, -0.05) is 90.9 Å². The van der Waals surface area contributed by atoms with Gasteiger partial charge < -0.3 is 0 Å². The maximum absolute atomic E-state index is 12.3. The Labute approximate surface area is 161 Å².